The third-order valence-electron chi connectivity index (χ3n) is 29.8. The van der Waals surface area contributed by atoms with Crippen LogP contribution in [0.4, 0.5) is 0 Å². The van der Waals surface area contributed by atoms with Gasteiger partial charge in [0.1, 0.15) is 23.0 Å². The van der Waals surface area contributed by atoms with Crippen LogP contribution in [0.3, 0.4) is 0 Å². The average Bonchev–Trinajstić information content (AvgIpc) is 0.745. The van der Waals surface area contributed by atoms with Crippen LogP contribution in [0.2, 0.25) is 0 Å². The molecule has 25 rings (SSSR count). The highest BCUT2D eigenvalue weighted by atomic mass is 32.2. The van der Waals surface area contributed by atoms with Gasteiger partial charge in [-0.25, -0.2) is 0 Å². The summed E-state index contributed by atoms with van der Waals surface area (Å²) in [5.41, 5.74) is 4.66. The fourth-order valence-electron chi connectivity index (χ4n) is 25.2. The minimum Gasteiger partial charge on any atom is -0.426 e. The Morgan fingerprint density at radius 2 is 0.481 bits per heavy atom. The van der Waals surface area contributed by atoms with Crippen LogP contribution in [0.15, 0.2) is 368 Å². The van der Waals surface area contributed by atoms with Crippen molar-refractivity contribution in [2.75, 3.05) is 0 Å². The number of ether oxygens (including phenoxy) is 4. The summed E-state index contributed by atoms with van der Waals surface area (Å²) in [6, 6.07) is 109. The molecule has 13 aliphatic carbocycles. The van der Waals surface area contributed by atoms with E-state index in [9.17, 15) is 19.2 Å². The molecule has 0 amide bonds. The summed E-state index contributed by atoms with van der Waals surface area (Å²) in [6.45, 7) is 10.4. The fraction of sp³-hybridized carbons (Fsp3) is 0.350. The number of hydrogen-bond acceptors (Lipinski definition) is 8. The zero-order valence-electron chi connectivity index (χ0n) is 75.4. The number of carbonyl (C=O) groups excluding carboxylic acids is 4. The van der Waals surface area contributed by atoms with Gasteiger partial charge in [0.2, 0.25) is 0 Å². The largest absolute Gasteiger partial charge is 0.426 e. The van der Waals surface area contributed by atoms with Gasteiger partial charge in [-0.1, -0.05) is 165 Å². The molecule has 658 valence electrons. The molecule has 0 radical (unpaired) electrons. The molecule has 0 unspecified atom stereocenters. The molecule has 0 heterocycles. The molecule has 0 spiro atoms. The summed E-state index contributed by atoms with van der Waals surface area (Å²) >= 11 is 0. The van der Waals surface area contributed by atoms with Gasteiger partial charge in [-0.2, -0.15) is 0 Å². The van der Waals surface area contributed by atoms with Crippen LogP contribution < -0.4 is 18.9 Å². The predicted molar refractivity (Wildman–Crippen MR) is 521 cm³/mol. The van der Waals surface area contributed by atoms with Crippen LogP contribution in [0, 0.1) is 110 Å². The second-order valence-corrected chi connectivity index (χ2v) is 47.5. The van der Waals surface area contributed by atoms with Gasteiger partial charge in [0, 0.05) is 29.8 Å². The van der Waals surface area contributed by atoms with Crippen LogP contribution in [-0.2, 0) is 62.8 Å². The SMILES string of the molecule is Cc1cc(OC(=O)C23CC4CC(CC(C4)C2)C3)ccc1[S+](c1ccccc1)c1ccccc1.Cc1cc([S+](c2ccccc2)c2ccccc2)cc(C)c1OC(=O)C12CC3CC(CC(C3)C1)C2.Cc1cc([S+](c2ccccc2)c2ccccc2)cc(C)c1OC(=O)C1CCCCC1.O=C(Oc1ccc([S+](c2ccccc2)c2ccccc2)cc1)C12CC3CC(CC(C3)C1)C2. The van der Waals surface area contributed by atoms with Gasteiger partial charge < -0.3 is 18.9 Å². The molecule has 12 aromatic carbocycles. The molecule has 0 saturated heterocycles. The maximum absolute atomic E-state index is 13.6. The minimum atomic E-state index is -0.231. The smallest absolute Gasteiger partial charge is 0.317 e. The highest BCUT2D eigenvalue weighted by Crippen LogP contribution is 2.64. The van der Waals surface area contributed by atoms with E-state index in [2.05, 4.69) is 326 Å². The number of esters is 4. The quantitative estimate of drug-likeness (QED) is 0.0422. The van der Waals surface area contributed by atoms with Gasteiger partial charge in [0.15, 0.2) is 58.7 Å². The number of hydrogen-bond donors (Lipinski definition) is 0. The monoisotopic (exact) mass is 1780 g/mol. The highest BCUT2D eigenvalue weighted by Gasteiger charge is 2.59. The van der Waals surface area contributed by atoms with Gasteiger partial charge in [0.25, 0.3) is 0 Å². The zero-order valence-corrected chi connectivity index (χ0v) is 78.6. The zero-order chi connectivity index (χ0) is 88.2. The van der Waals surface area contributed by atoms with Crippen molar-refractivity contribution in [3.63, 3.8) is 0 Å². The fourth-order valence-corrected chi connectivity index (χ4v) is 34.1. The minimum absolute atomic E-state index is 0.0227. The molecule has 8 nitrogen and oxygen atoms in total. The summed E-state index contributed by atoms with van der Waals surface area (Å²) in [6.07, 6.45) is 26.8. The van der Waals surface area contributed by atoms with E-state index in [4.69, 9.17) is 18.9 Å². The summed E-state index contributed by atoms with van der Waals surface area (Å²) < 4.78 is 24.3. The van der Waals surface area contributed by atoms with Crippen molar-refractivity contribution in [3.8, 4) is 23.0 Å². The van der Waals surface area contributed by atoms with Crippen molar-refractivity contribution in [1.82, 2.24) is 0 Å². The Kier molecular flexibility index (Phi) is 26.8. The van der Waals surface area contributed by atoms with E-state index in [1.54, 1.807) is 0 Å². The Bertz CT molecular complexity index is 5580. The third kappa shape index (κ3) is 19.7. The molecule has 12 aromatic rings. The van der Waals surface area contributed by atoms with Crippen molar-refractivity contribution in [2.45, 2.75) is 241 Å². The van der Waals surface area contributed by atoms with E-state index in [0.717, 1.165) is 170 Å². The Morgan fingerprint density at radius 3 is 0.767 bits per heavy atom. The van der Waals surface area contributed by atoms with Crippen molar-refractivity contribution in [2.24, 2.45) is 75.4 Å². The van der Waals surface area contributed by atoms with E-state index in [0.29, 0.717) is 11.5 Å². The van der Waals surface area contributed by atoms with E-state index in [1.165, 1.54) is 129 Å². The number of carbonyl (C=O) groups is 4. The summed E-state index contributed by atoms with van der Waals surface area (Å²) in [4.78, 5) is 68.4. The van der Waals surface area contributed by atoms with Crippen molar-refractivity contribution >= 4 is 67.5 Å². The molecule has 12 bridgehead atoms. The lowest BCUT2D eigenvalue weighted by molar-refractivity contribution is -0.162. The van der Waals surface area contributed by atoms with Crippen LogP contribution in [0.1, 0.15) is 175 Å². The third-order valence-corrected chi connectivity index (χ3v) is 38.8. The molecule has 0 aliphatic heterocycles. The second kappa shape index (κ2) is 39.1. The number of rotatable bonds is 20. The summed E-state index contributed by atoms with van der Waals surface area (Å²) in [5, 5.41) is 0. The predicted octanol–water partition coefficient (Wildman–Crippen LogP) is 28.5. The second-order valence-electron chi connectivity index (χ2n) is 39.4. The lowest BCUT2D eigenvalue weighted by atomic mass is 9.49. The van der Waals surface area contributed by atoms with Crippen molar-refractivity contribution in [3.05, 3.63) is 337 Å². The average molecular weight is 1780 g/mol. The molecular weight excluding hydrogens is 1660 g/mol. The standard InChI is InChI=1S/C31H33O2S.C30H31O2S.C29H29O2S.C27H29O2S/c1-21-13-28(34(26-9-5-3-6-10-26)27-11-7-4-8-12-27)14-22(2)29(21)33-30(32)31-18-23-15-24(19-31)17-25(16-23)20-31;1-21-14-25(32-29(31)30-18-22-15-23(19-30)17-24(16-22)20-30)12-13-28(21)33(26-8-4-2-5-9-26)27-10-6-3-7-11-27;30-28(29-18-21-15-22(19-29)17-23(16-21)20-29)31-24-11-13-27(14-12-24)32(25-7-3-1-4-8-25)26-9-5-2-6-10-26;1-20-18-25(19-21(2)26(20)29-27(28)22-12-6-3-7-13-22)30(23-14-8-4-9-15-23)24-16-10-5-11-17-24/h3-14,23-25H,15-20H2,1-2H3;2-14,22-24H,15-20H2,1H3;1-14,21-23H,15-20H2;4-5,8-11,14-19,22H,3,6-7,12-13H2,1-2H3/q4*+1. The first-order valence-corrected chi connectivity index (χ1v) is 52.5. The van der Waals surface area contributed by atoms with Gasteiger partial charge in [0.05, 0.1) is 65.7 Å². The lowest BCUT2D eigenvalue weighted by Crippen LogP contribution is -2.51. The highest BCUT2D eigenvalue weighted by molar-refractivity contribution is 7.98. The Hall–Kier alpha value is -10.1. The molecule has 0 atom stereocenters. The van der Waals surface area contributed by atoms with E-state index in [1.807, 2.05) is 18.2 Å². The first-order chi connectivity index (χ1) is 62.9. The maximum Gasteiger partial charge on any atom is 0.317 e. The first kappa shape index (κ1) is 88.2. The van der Waals surface area contributed by atoms with Crippen molar-refractivity contribution < 1.29 is 38.1 Å². The molecule has 12 heteroatoms. The lowest BCUT2D eigenvalue weighted by Gasteiger charge is -2.55. The normalized spacial score (nSPS) is 24.6. The summed E-state index contributed by atoms with van der Waals surface area (Å²) in [5.74, 6) is 9.65. The molecule has 0 aromatic heterocycles. The van der Waals surface area contributed by atoms with Crippen LogP contribution in [0.5, 0.6) is 23.0 Å². The van der Waals surface area contributed by atoms with Crippen LogP contribution >= 0.6 is 0 Å². The van der Waals surface area contributed by atoms with Gasteiger partial charge >= 0.3 is 23.9 Å². The first-order valence-electron chi connectivity index (χ1n) is 47.6. The molecule has 13 aliphatic rings. The van der Waals surface area contributed by atoms with Gasteiger partial charge in [-0.15, -0.1) is 0 Å². The maximum atomic E-state index is 13.6. The Balaban J connectivity index is 0.000000112. The van der Waals surface area contributed by atoms with Crippen LogP contribution in [-0.4, -0.2) is 23.9 Å². The summed E-state index contributed by atoms with van der Waals surface area (Å²) in [7, 11) is -0.788. The van der Waals surface area contributed by atoms with E-state index < -0.39 is 0 Å². The number of benzene rings is 12. The Morgan fingerprint density at radius 1 is 0.240 bits per heavy atom. The molecule has 13 fully saturated rings. The molecular formula is C117H122O8S4+4. The van der Waals surface area contributed by atoms with Crippen LogP contribution in [0.25, 0.3) is 0 Å². The van der Waals surface area contributed by atoms with E-state index in [-0.39, 0.29) is 89.6 Å². The molecule has 0 N–H and O–H groups in total. The Labute approximate surface area is 776 Å². The van der Waals surface area contributed by atoms with Gasteiger partial charge in [-0.3, -0.25) is 19.2 Å². The topological polar surface area (TPSA) is 105 Å². The molecule has 129 heavy (non-hydrogen) atoms. The van der Waals surface area contributed by atoms with E-state index >= 15 is 0 Å². The molecule has 13 saturated carbocycles. The number of aryl methyl sites for hydroxylation is 5. The van der Waals surface area contributed by atoms with Crippen molar-refractivity contribution in [1.29, 1.82) is 0 Å². The van der Waals surface area contributed by atoms with Gasteiger partial charge in [-0.05, 0) is 378 Å².